The van der Waals surface area contributed by atoms with Gasteiger partial charge in [-0.25, -0.2) is 4.68 Å². The maximum atomic E-state index is 12.1. The van der Waals surface area contributed by atoms with Crippen LogP contribution in [0.5, 0.6) is 0 Å². The summed E-state index contributed by atoms with van der Waals surface area (Å²) in [6.45, 7) is 3.24. The summed E-state index contributed by atoms with van der Waals surface area (Å²) in [6.07, 6.45) is 1.70. The minimum Gasteiger partial charge on any atom is -0.398 e. The summed E-state index contributed by atoms with van der Waals surface area (Å²) >= 11 is 3.43. The van der Waals surface area contributed by atoms with Crippen LogP contribution in [0, 0.1) is 0 Å². The van der Waals surface area contributed by atoms with Crippen molar-refractivity contribution in [3.8, 4) is 0 Å². The molecule has 0 fully saturated rings. The maximum absolute atomic E-state index is 12.1. The molecule has 5 nitrogen and oxygen atoms in total. The lowest BCUT2D eigenvalue weighted by atomic mass is 10.2. The topological polar surface area (TPSA) is 64.2 Å². The van der Waals surface area contributed by atoms with Crippen molar-refractivity contribution >= 4 is 27.3 Å². The van der Waals surface area contributed by atoms with Crippen LogP contribution >= 0.6 is 15.9 Å². The van der Waals surface area contributed by atoms with Crippen molar-refractivity contribution in [2.75, 3.05) is 24.2 Å². The van der Waals surface area contributed by atoms with Crippen molar-refractivity contribution in [2.24, 2.45) is 0 Å². The van der Waals surface area contributed by atoms with E-state index in [4.69, 9.17) is 5.73 Å². The van der Waals surface area contributed by atoms with E-state index in [2.05, 4.69) is 21.0 Å². The van der Waals surface area contributed by atoms with Crippen molar-refractivity contribution in [1.29, 1.82) is 0 Å². The van der Waals surface area contributed by atoms with Crippen molar-refractivity contribution < 1.29 is 0 Å². The molecule has 0 amide bonds. The van der Waals surface area contributed by atoms with Gasteiger partial charge in [0.05, 0.1) is 18.4 Å². The van der Waals surface area contributed by atoms with Crippen LogP contribution in [-0.4, -0.2) is 23.4 Å². The van der Waals surface area contributed by atoms with E-state index in [1.807, 2.05) is 37.1 Å². The molecule has 0 aliphatic rings. The van der Waals surface area contributed by atoms with Gasteiger partial charge in [0.2, 0.25) is 0 Å². The van der Waals surface area contributed by atoms with E-state index in [-0.39, 0.29) is 5.56 Å². The van der Waals surface area contributed by atoms with Crippen LogP contribution in [0.15, 0.2) is 39.7 Å². The fourth-order valence-electron chi connectivity index (χ4n) is 1.82. The number of nitrogens with two attached hydrogens (primary N) is 1. The molecule has 2 aromatic rings. The van der Waals surface area contributed by atoms with Crippen LogP contribution in [0.2, 0.25) is 0 Å². The predicted octanol–water partition coefficient (Wildman–Crippen LogP) is 2.09. The number of anilines is 2. The molecule has 0 aliphatic heterocycles. The molecule has 6 heteroatoms. The smallest absolute Gasteiger partial charge is 0.269 e. The van der Waals surface area contributed by atoms with Gasteiger partial charge in [-0.05, 0) is 34.5 Å². The van der Waals surface area contributed by atoms with Crippen LogP contribution in [0.1, 0.15) is 12.5 Å². The summed E-state index contributed by atoms with van der Waals surface area (Å²) in [4.78, 5) is 14.1. The molecular weight excluding hydrogens is 320 g/mol. The van der Waals surface area contributed by atoms with Gasteiger partial charge >= 0.3 is 0 Å². The van der Waals surface area contributed by atoms with Gasteiger partial charge in [0.15, 0.2) is 0 Å². The zero-order valence-corrected chi connectivity index (χ0v) is 13.1. The third kappa shape index (κ3) is 3.01. The molecule has 2 N–H and O–H groups in total. The van der Waals surface area contributed by atoms with E-state index >= 15 is 0 Å². The van der Waals surface area contributed by atoms with E-state index in [0.29, 0.717) is 12.2 Å². The SMILES string of the molecule is CCN(C)c1cnn(Cc2cccc(N)c2Br)c(=O)c1. The molecule has 0 spiro atoms. The van der Waals surface area contributed by atoms with E-state index in [0.717, 1.165) is 22.3 Å². The lowest BCUT2D eigenvalue weighted by Crippen LogP contribution is -2.26. The van der Waals surface area contributed by atoms with Gasteiger partial charge < -0.3 is 10.6 Å². The fraction of sp³-hybridized carbons (Fsp3) is 0.286. The monoisotopic (exact) mass is 336 g/mol. The molecule has 0 bridgehead atoms. The van der Waals surface area contributed by atoms with Gasteiger partial charge in [-0.1, -0.05) is 12.1 Å². The zero-order valence-electron chi connectivity index (χ0n) is 11.5. The summed E-state index contributed by atoms with van der Waals surface area (Å²) in [5.74, 6) is 0. The Balaban J connectivity index is 2.31. The third-order valence-electron chi connectivity index (χ3n) is 3.20. The molecular formula is C14H17BrN4O. The van der Waals surface area contributed by atoms with E-state index in [1.54, 1.807) is 12.3 Å². The standard InChI is InChI=1S/C14H17BrN4O/c1-3-18(2)11-7-13(20)19(17-8-11)9-10-5-4-6-12(16)14(10)15/h4-8H,3,9,16H2,1-2H3. The molecule has 1 aromatic carbocycles. The highest BCUT2D eigenvalue weighted by Gasteiger charge is 2.07. The fourth-order valence-corrected chi connectivity index (χ4v) is 2.21. The molecule has 0 saturated heterocycles. The first-order valence-electron chi connectivity index (χ1n) is 6.34. The summed E-state index contributed by atoms with van der Waals surface area (Å²) in [5, 5.41) is 4.21. The van der Waals surface area contributed by atoms with Crippen LogP contribution in [0.3, 0.4) is 0 Å². The van der Waals surface area contributed by atoms with Crippen molar-refractivity contribution in [1.82, 2.24) is 9.78 Å². The lowest BCUT2D eigenvalue weighted by Gasteiger charge is -2.16. The molecule has 2 rings (SSSR count). The van der Waals surface area contributed by atoms with Gasteiger partial charge in [-0.3, -0.25) is 4.79 Å². The summed E-state index contributed by atoms with van der Waals surface area (Å²) < 4.78 is 2.23. The molecule has 0 aliphatic carbocycles. The minimum absolute atomic E-state index is 0.128. The molecule has 0 radical (unpaired) electrons. The molecule has 0 unspecified atom stereocenters. The zero-order chi connectivity index (χ0) is 14.7. The Morgan fingerprint density at radius 3 is 2.85 bits per heavy atom. The summed E-state index contributed by atoms with van der Waals surface area (Å²) in [6, 6.07) is 7.18. The second kappa shape index (κ2) is 6.09. The highest BCUT2D eigenvalue weighted by Crippen LogP contribution is 2.24. The number of hydrogen-bond donors (Lipinski definition) is 1. The Morgan fingerprint density at radius 2 is 2.20 bits per heavy atom. The number of benzene rings is 1. The maximum Gasteiger partial charge on any atom is 0.269 e. The van der Waals surface area contributed by atoms with Crippen molar-refractivity contribution in [3.63, 3.8) is 0 Å². The number of hydrogen-bond acceptors (Lipinski definition) is 4. The molecule has 20 heavy (non-hydrogen) atoms. The molecule has 1 heterocycles. The number of nitrogens with zero attached hydrogens (tertiary/aromatic N) is 3. The highest BCUT2D eigenvalue weighted by atomic mass is 79.9. The van der Waals surface area contributed by atoms with Gasteiger partial charge in [0.25, 0.3) is 5.56 Å². The number of nitrogen functional groups attached to an aromatic ring is 1. The van der Waals surface area contributed by atoms with Crippen LogP contribution < -0.4 is 16.2 Å². The Hall–Kier alpha value is -1.82. The molecule has 1 aromatic heterocycles. The van der Waals surface area contributed by atoms with E-state index < -0.39 is 0 Å². The number of rotatable bonds is 4. The lowest BCUT2D eigenvalue weighted by molar-refractivity contribution is 0.636. The third-order valence-corrected chi connectivity index (χ3v) is 4.17. The van der Waals surface area contributed by atoms with Crippen LogP contribution in [0.4, 0.5) is 11.4 Å². The second-order valence-corrected chi connectivity index (χ2v) is 5.34. The molecule has 0 saturated carbocycles. The first-order valence-corrected chi connectivity index (χ1v) is 7.13. The Morgan fingerprint density at radius 1 is 1.45 bits per heavy atom. The number of halogens is 1. The largest absolute Gasteiger partial charge is 0.398 e. The normalized spacial score (nSPS) is 10.6. The average Bonchev–Trinajstić information content (AvgIpc) is 2.45. The van der Waals surface area contributed by atoms with Crippen molar-refractivity contribution in [2.45, 2.75) is 13.5 Å². The highest BCUT2D eigenvalue weighted by molar-refractivity contribution is 9.10. The minimum atomic E-state index is -0.128. The summed E-state index contributed by atoms with van der Waals surface area (Å²) in [5.41, 5.74) is 8.10. The molecule has 0 atom stereocenters. The van der Waals surface area contributed by atoms with Crippen LogP contribution in [-0.2, 0) is 6.54 Å². The summed E-state index contributed by atoms with van der Waals surface area (Å²) in [7, 11) is 1.93. The second-order valence-electron chi connectivity index (χ2n) is 4.54. The van der Waals surface area contributed by atoms with Crippen LogP contribution in [0.25, 0.3) is 0 Å². The number of aromatic nitrogens is 2. The Kier molecular flexibility index (Phi) is 4.44. The Labute approximate surface area is 126 Å². The van der Waals surface area contributed by atoms with E-state index in [1.165, 1.54) is 4.68 Å². The van der Waals surface area contributed by atoms with Gasteiger partial charge in [0.1, 0.15) is 0 Å². The van der Waals surface area contributed by atoms with Gasteiger partial charge in [0, 0.05) is 29.8 Å². The van der Waals surface area contributed by atoms with Gasteiger partial charge in [-0.2, -0.15) is 5.10 Å². The first-order chi connectivity index (χ1) is 9.52. The molecule has 106 valence electrons. The average molecular weight is 337 g/mol. The quantitative estimate of drug-likeness (QED) is 0.868. The van der Waals surface area contributed by atoms with E-state index in [9.17, 15) is 4.79 Å². The Bertz CT molecular complexity index is 668. The van der Waals surface area contributed by atoms with Gasteiger partial charge in [-0.15, -0.1) is 0 Å². The van der Waals surface area contributed by atoms with Crippen molar-refractivity contribution in [3.05, 3.63) is 50.9 Å². The predicted molar refractivity (Wildman–Crippen MR) is 85.1 cm³/mol. The first kappa shape index (κ1) is 14.6.